The molecule has 7 nitrogen and oxygen atoms in total. The number of anilines is 1. The van der Waals surface area contributed by atoms with E-state index in [1.165, 1.54) is 32.1 Å². The Labute approximate surface area is 188 Å². The Kier molecular flexibility index (Phi) is 6.46. The summed E-state index contributed by atoms with van der Waals surface area (Å²) in [6.07, 6.45) is 9.32. The van der Waals surface area contributed by atoms with Gasteiger partial charge in [-0.3, -0.25) is 4.79 Å². The van der Waals surface area contributed by atoms with E-state index in [0.717, 1.165) is 37.8 Å². The number of rotatable bonds is 6. The van der Waals surface area contributed by atoms with Crippen LogP contribution in [0.5, 0.6) is 0 Å². The van der Waals surface area contributed by atoms with Crippen LogP contribution in [0.1, 0.15) is 61.9 Å². The van der Waals surface area contributed by atoms with Gasteiger partial charge in [0.1, 0.15) is 12.2 Å². The highest BCUT2D eigenvalue weighted by molar-refractivity contribution is 5.98. The molecule has 3 heterocycles. The van der Waals surface area contributed by atoms with Crippen molar-refractivity contribution in [2.24, 2.45) is 11.8 Å². The van der Waals surface area contributed by atoms with E-state index in [1.807, 2.05) is 12.1 Å². The van der Waals surface area contributed by atoms with E-state index in [9.17, 15) is 9.59 Å². The molecule has 172 valence electrons. The minimum absolute atomic E-state index is 0.0215. The van der Waals surface area contributed by atoms with Crippen LogP contribution in [0.25, 0.3) is 11.0 Å². The number of hydrogen-bond acceptors (Lipinski definition) is 6. The van der Waals surface area contributed by atoms with Crippen LogP contribution in [-0.4, -0.2) is 43.8 Å². The molecule has 32 heavy (non-hydrogen) atoms. The molecule has 2 aromatic rings. The molecule has 0 radical (unpaired) electrons. The average Bonchev–Trinajstić information content (AvgIpc) is 3.58. The number of nitrogens with one attached hydrogen (secondary N) is 2. The van der Waals surface area contributed by atoms with Crippen molar-refractivity contribution >= 4 is 28.5 Å². The summed E-state index contributed by atoms with van der Waals surface area (Å²) in [5.74, 6) is 0.758. The largest absolute Gasteiger partial charge is 0.457 e. The quantitative estimate of drug-likeness (QED) is 0.652. The summed E-state index contributed by atoms with van der Waals surface area (Å²) >= 11 is 0. The van der Waals surface area contributed by atoms with Crippen LogP contribution >= 0.6 is 0 Å². The number of amides is 1. The molecule has 1 unspecified atom stereocenters. The van der Waals surface area contributed by atoms with E-state index in [2.05, 4.69) is 10.6 Å². The fraction of sp³-hybridized carbons (Fsp3) is 0.600. The summed E-state index contributed by atoms with van der Waals surface area (Å²) in [4.78, 5) is 25.4. The van der Waals surface area contributed by atoms with Crippen molar-refractivity contribution in [3.63, 3.8) is 0 Å². The number of furan rings is 1. The van der Waals surface area contributed by atoms with E-state index < -0.39 is 5.97 Å². The molecule has 0 bridgehead atoms. The monoisotopic (exact) mass is 440 g/mol. The maximum Gasteiger partial charge on any atom is 0.374 e. The van der Waals surface area contributed by atoms with Gasteiger partial charge < -0.3 is 24.5 Å². The van der Waals surface area contributed by atoms with Crippen LogP contribution in [-0.2, 0) is 14.3 Å². The van der Waals surface area contributed by atoms with Crippen LogP contribution in [0.2, 0.25) is 0 Å². The second kappa shape index (κ2) is 9.63. The first-order valence-electron chi connectivity index (χ1n) is 12.0. The van der Waals surface area contributed by atoms with Crippen LogP contribution in [0.15, 0.2) is 28.7 Å². The molecule has 1 aromatic heterocycles. The van der Waals surface area contributed by atoms with E-state index in [4.69, 9.17) is 13.9 Å². The van der Waals surface area contributed by atoms with Crippen molar-refractivity contribution in [3.05, 3.63) is 30.0 Å². The molecule has 1 aliphatic carbocycles. The first-order valence-corrected chi connectivity index (χ1v) is 12.0. The molecule has 3 aliphatic rings. The van der Waals surface area contributed by atoms with Crippen molar-refractivity contribution in [2.45, 2.75) is 63.5 Å². The highest BCUT2D eigenvalue weighted by Gasteiger charge is 2.38. The van der Waals surface area contributed by atoms with Gasteiger partial charge in [0.15, 0.2) is 0 Å². The molecule has 3 atom stereocenters. The molecule has 3 fully saturated rings. The van der Waals surface area contributed by atoms with Gasteiger partial charge >= 0.3 is 5.97 Å². The van der Waals surface area contributed by atoms with Crippen molar-refractivity contribution < 1.29 is 23.5 Å². The Bertz CT molecular complexity index is 958. The van der Waals surface area contributed by atoms with Gasteiger partial charge in [-0.25, -0.2) is 4.79 Å². The van der Waals surface area contributed by atoms with Crippen molar-refractivity contribution in [2.75, 3.05) is 25.1 Å². The lowest BCUT2D eigenvalue weighted by Gasteiger charge is -2.30. The van der Waals surface area contributed by atoms with Gasteiger partial charge in [0.25, 0.3) is 0 Å². The Balaban J connectivity index is 1.22. The zero-order valence-electron chi connectivity index (χ0n) is 18.4. The van der Waals surface area contributed by atoms with Crippen molar-refractivity contribution in [1.29, 1.82) is 0 Å². The van der Waals surface area contributed by atoms with E-state index in [0.29, 0.717) is 23.1 Å². The van der Waals surface area contributed by atoms with Crippen molar-refractivity contribution in [1.82, 2.24) is 5.32 Å². The van der Waals surface area contributed by atoms with Crippen LogP contribution in [0.3, 0.4) is 0 Å². The highest BCUT2D eigenvalue weighted by atomic mass is 16.6. The highest BCUT2D eigenvalue weighted by Crippen LogP contribution is 2.36. The topological polar surface area (TPSA) is 89.8 Å². The second-order valence-corrected chi connectivity index (χ2v) is 9.37. The maximum absolute atomic E-state index is 13.0. The first kappa shape index (κ1) is 21.5. The number of benzene rings is 1. The van der Waals surface area contributed by atoms with Gasteiger partial charge in [0, 0.05) is 17.7 Å². The zero-order valence-corrected chi connectivity index (χ0v) is 18.4. The lowest BCUT2D eigenvalue weighted by Crippen LogP contribution is -2.42. The molecule has 1 amide bonds. The minimum atomic E-state index is -0.493. The van der Waals surface area contributed by atoms with Gasteiger partial charge in [-0.05, 0) is 61.9 Å². The molecule has 1 saturated carbocycles. The third kappa shape index (κ3) is 4.69. The summed E-state index contributed by atoms with van der Waals surface area (Å²) in [7, 11) is 0. The molecule has 0 spiro atoms. The molecule has 2 saturated heterocycles. The summed E-state index contributed by atoms with van der Waals surface area (Å²) in [6.45, 7) is 1.87. The standard InChI is InChI=1S/C25H32N2O5/c28-24(23-20(10-11-26-23)16-5-2-1-3-6-16)27-18-8-9-21-17(13-18)14-22(32-21)25(29)31-15-19-7-4-12-30-19/h8-9,13-14,16,19-20,23,26H,1-7,10-12,15H2,(H,27,28)/t19?,20-,23-/m0/s1. The van der Waals surface area contributed by atoms with E-state index >= 15 is 0 Å². The summed E-state index contributed by atoms with van der Waals surface area (Å²) in [5.41, 5.74) is 1.30. The van der Waals surface area contributed by atoms with Crippen molar-refractivity contribution in [3.8, 4) is 0 Å². The molecule has 7 heteroatoms. The molecule has 1 aromatic carbocycles. The predicted octanol–water partition coefficient (Wildman–Crippen LogP) is 4.27. The van der Waals surface area contributed by atoms with Gasteiger partial charge in [-0.1, -0.05) is 32.1 Å². The third-order valence-corrected chi connectivity index (χ3v) is 7.22. The second-order valence-electron chi connectivity index (χ2n) is 9.37. The summed E-state index contributed by atoms with van der Waals surface area (Å²) in [5, 5.41) is 7.24. The molecular weight excluding hydrogens is 408 g/mol. The lowest BCUT2D eigenvalue weighted by molar-refractivity contribution is -0.119. The van der Waals surface area contributed by atoms with Crippen LogP contribution in [0.4, 0.5) is 5.69 Å². The van der Waals surface area contributed by atoms with E-state index in [1.54, 1.807) is 12.1 Å². The number of hydrogen-bond donors (Lipinski definition) is 2. The van der Waals surface area contributed by atoms with Crippen LogP contribution in [0, 0.1) is 11.8 Å². The fourth-order valence-electron chi connectivity index (χ4n) is 5.54. The molecule has 2 N–H and O–H groups in total. The van der Waals surface area contributed by atoms with Gasteiger partial charge in [-0.15, -0.1) is 0 Å². The SMILES string of the molecule is O=C(OCC1CCCO1)c1cc2cc(NC(=O)[C@H]3NCC[C@H]3C3CCCCC3)ccc2o1. The Morgan fingerprint density at radius 3 is 2.75 bits per heavy atom. The Morgan fingerprint density at radius 2 is 1.94 bits per heavy atom. The summed E-state index contributed by atoms with van der Waals surface area (Å²) < 4.78 is 16.5. The smallest absolute Gasteiger partial charge is 0.374 e. The number of ether oxygens (including phenoxy) is 2. The van der Waals surface area contributed by atoms with Gasteiger partial charge in [0.2, 0.25) is 11.7 Å². The predicted molar refractivity (Wildman–Crippen MR) is 121 cm³/mol. The normalized spacial score (nSPS) is 26.4. The Hall–Kier alpha value is -2.38. The molecule has 5 rings (SSSR count). The number of carbonyl (C=O) groups excluding carboxylic acids is 2. The van der Waals surface area contributed by atoms with Gasteiger partial charge in [-0.2, -0.15) is 0 Å². The number of carbonyl (C=O) groups is 2. The van der Waals surface area contributed by atoms with Gasteiger partial charge in [0.05, 0.1) is 12.1 Å². The lowest BCUT2D eigenvalue weighted by atomic mass is 9.76. The Morgan fingerprint density at radius 1 is 1.06 bits per heavy atom. The molecular formula is C25H32N2O5. The molecule has 2 aliphatic heterocycles. The average molecular weight is 441 g/mol. The summed E-state index contributed by atoms with van der Waals surface area (Å²) in [6, 6.07) is 6.97. The third-order valence-electron chi connectivity index (χ3n) is 7.22. The first-order chi connectivity index (χ1) is 15.7. The maximum atomic E-state index is 13.0. The van der Waals surface area contributed by atoms with E-state index in [-0.39, 0.29) is 30.4 Å². The number of fused-ring (bicyclic) bond motifs is 1. The zero-order chi connectivity index (χ0) is 21.9. The van der Waals surface area contributed by atoms with Crippen LogP contribution < -0.4 is 10.6 Å². The fourth-order valence-corrected chi connectivity index (χ4v) is 5.54. The number of esters is 1. The minimum Gasteiger partial charge on any atom is -0.457 e.